The van der Waals surface area contributed by atoms with Crippen molar-refractivity contribution in [2.45, 2.75) is 32.6 Å². The van der Waals surface area contributed by atoms with Crippen molar-refractivity contribution in [2.75, 3.05) is 0 Å². The topological polar surface area (TPSA) is 87.7 Å². The molecular weight excluding hydrogens is 354 g/mol. The summed E-state index contributed by atoms with van der Waals surface area (Å²) < 4.78 is 1.66. The van der Waals surface area contributed by atoms with E-state index in [1.165, 1.54) is 0 Å². The maximum absolute atomic E-state index is 12.0. The number of nitrogens with zero attached hydrogens (tertiary/aromatic N) is 3. The number of fused-ring (bicyclic) bond motifs is 3. The summed E-state index contributed by atoms with van der Waals surface area (Å²) in [6.07, 6.45) is 1.07. The summed E-state index contributed by atoms with van der Waals surface area (Å²) in [5, 5.41) is 26.1. The molecule has 0 amide bonds. The number of aryl methyl sites for hydroxylation is 1. The fourth-order valence-corrected chi connectivity index (χ4v) is 3.65. The maximum atomic E-state index is 12.0. The van der Waals surface area contributed by atoms with Crippen LogP contribution < -0.4 is 0 Å². The van der Waals surface area contributed by atoms with Gasteiger partial charge in [0, 0.05) is 10.9 Å². The van der Waals surface area contributed by atoms with Gasteiger partial charge < -0.3 is 10.2 Å². The van der Waals surface area contributed by atoms with Crippen LogP contribution in [0.3, 0.4) is 0 Å². The van der Waals surface area contributed by atoms with E-state index in [-0.39, 0.29) is 5.88 Å². The molecule has 2 N–H and O–H groups in total. The third-order valence-corrected chi connectivity index (χ3v) is 5.02. The van der Waals surface area contributed by atoms with Crippen LogP contribution in [0.5, 0.6) is 5.88 Å². The molecule has 6 heteroatoms. The van der Waals surface area contributed by atoms with Crippen LogP contribution in [0.1, 0.15) is 36.8 Å². The number of aromatic hydroxyl groups is 1. The number of hydrogen-bond donors (Lipinski definition) is 2. The highest BCUT2D eigenvalue weighted by Crippen LogP contribution is 2.39. The van der Waals surface area contributed by atoms with Crippen molar-refractivity contribution in [1.82, 2.24) is 14.6 Å². The van der Waals surface area contributed by atoms with Crippen molar-refractivity contribution in [1.29, 1.82) is 0 Å². The molecular formula is C22H21N3O3. The smallest absolute Gasteiger partial charge is 0.311 e. The normalized spacial score (nSPS) is 12.5. The van der Waals surface area contributed by atoms with E-state index < -0.39 is 11.9 Å². The number of carbonyl (C=O) groups is 1. The number of rotatable bonds is 5. The molecule has 0 radical (unpaired) electrons. The molecule has 28 heavy (non-hydrogen) atoms. The number of carboxylic acid groups (broad SMARTS) is 1. The van der Waals surface area contributed by atoms with Gasteiger partial charge in [0.2, 0.25) is 5.88 Å². The molecule has 142 valence electrons. The molecule has 2 aromatic carbocycles. The quantitative estimate of drug-likeness (QED) is 0.535. The zero-order valence-electron chi connectivity index (χ0n) is 15.8. The van der Waals surface area contributed by atoms with Crippen LogP contribution in [0.25, 0.3) is 27.8 Å². The highest BCUT2D eigenvalue weighted by molar-refractivity contribution is 5.94. The molecule has 1 unspecified atom stereocenters. The molecule has 1 atom stereocenters. The summed E-state index contributed by atoms with van der Waals surface area (Å²) in [5.41, 5.74) is 4.00. The van der Waals surface area contributed by atoms with E-state index in [2.05, 4.69) is 10.1 Å². The monoisotopic (exact) mass is 375 g/mol. The minimum Gasteiger partial charge on any atom is -0.493 e. The zero-order valence-corrected chi connectivity index (χ0v) is 15.8. The van der Waals surface area contributed by atoms with Crippen molar-refractivity contribution in [2.24, 2.45) is 0 Å². The van der Waals surface area contributed by atoms with Crippen LogP contribution in [0.4, 0.5) is 0 Å². The first-order valence-corrected chi connectivity index (χ1v) is 9.31. The molecule has 4 rings (SSSR count). The highest BCUT2D eigenvalue weighted by Gasteiger charge is 2.30. The fraction of sp³-hybridized carbons (Fsp3) is 0.227. The van der Waals surface area contributed by atoms with Gasteiger partial charge in [-0.1, -0.05) is 55.3 Å². The van der Waals surface area contributed by atoms with Crippen LogP contribution in [0.2, 0.25) is 0 Å². The Kier molecular flexibility index (Phi) is 4.47. The van der Waals surface area contributed by atoms with Gasteiger partial charge >= 0.3 is 5.97 Å². The van der Waals surface area contributed by atoms with Crippen LogP contribution >= 0.6 is 0 Å². The van der Waals surface area contributed by atoms with E-state index in [4.69, 9.17) is 0 Å². The molecule has 0 aliphatic rings. The molecule has 2 heterocycles. The molecule has 0 aliphatic carbocycles. The predicted molar refractivity (Wildman–Crippen MR) is 108 cm³/mol. The Hall–Kier alpha value is -3.41. The van der Waals surface area contributed by atoms with Crippen molar-refractivity contribution in [3.05, 3.63) is 59.7 Å². The lowest BCUT2D eigenvalue weighted by atomic mass is 9.91. The Morgan fingerprint density at radius 2 is 1.86 bits per heavy atom. The first-order valence-electron chi connectivity index (χ1n) is 9.31. The molecule has 2 aromatic heterocycles. The zero-order chi connectivity index (χ0) is 19.8. The molecule has 0 saturated heterocycles. The Bertz CT molecular complexity index is 1180. The third kappa shape index (κ3) is 2.87. The SMILES string of the molecule is CCCC(C(=O)O)c1c(O)nc2c3ccccc3nn2c1-c1ccc(C)cc1. The van der Waals surface area contributed by atoms with E-state index in [1.54, 1.807) is 4.52 Å². The van der Waals surface area contributed by atoms with Crippen molar-refractivity contribution in [3.8, 4) is 17.1 Å². The van der Waals surface area contributed by atoms with Gasteiger partial charge in [0.05, 0.1) is 22.7 Å². The van der Waals surface area contributed by atoms with Gasteiger partial charge in [0.1, 0.15) is 0 Å². The minimum atomic E-state index is -0.983. The van der Waals surface area contributed by atoms with Gasteiger partial charge in [-0.15, -0.1) is 0 Å². The maximum Gasteiger partial charge on any atom is 0.311 e. The second-order valence-electron chi connectivity index (χ2n) is 7.00. The molecule has 6 nitrogen and oxygen atoms in total. The minimum absolute atomic E-state index is 0.255. The van der Waals surface area contributed by atoms with Gasteiger partial charge in [-0.05, 0) is 25.5 Å². The van der Waals surface area contributed by atoms with Gasteiger partial charge in [0.25, 0.3) is 0 Å². The lowest BCUT2D eigenvalue weighted by molar-refractivity contribution is -0.139. The van der Waals surface area contributed by atoms with E-state index in [9.17, 15) is 15.0 Å². The predicted octanol–water partition coefficient (Wildman–Crippen LogP) is 4.53. The molecule has 0 bridgehead atoms. The highest BCUT2D eigenvalue weighted by atomic mass is 16.4. The summed E-state index contributed by atoms with van der Waals surface area (Å²) in [4.78, 5) is 16.4. The van der Waals surface area contributed by atoms with Crippen LogP contribution in [0.15, 0.2) is 48.5 Å². The Labute approximate surface area is 162 Å². The third-order valence-electron chi connectivity index (χ3n) is 5.02. The average Bonchev–Trinajstić information content (AvgIpc) is 3.04. The van der Waals surface area contributed by atoms with Crippen LogP contribution in [-0.4, -0.2) is 30.8 Å². The van der Waals surface area contributed by atoms with E-state index in [0.29, 0.717) is 29.7 Å². The van der Waals surface area contributed by atoms with E-state index in [0.717, 1.165) is 22.0 Å². The van der Waals surface area contributed by atoms with E-state index in [1.807, 2.05) is 62.4 Å². The summed E-state index contributed by atoms with van der Waals surface area (Å²) >= 11 is 0. The van der Waals surface area contributed by atoms with Crippen LogP contribution in [-0.2, 0) is 4.79 Å². The number of aromatic nitrogens is 3. The largest absolute Gasteiger partial charge is 0.493 e. The lowest BCUT2D eigenvalue weighted by Gasteiger charge is -2.18. The standard InChI is InChI=1S/C22H21N3O3/c1-3-6-16(22(27)28)18-19(14-11-9-13(2)10-12-14)25-20(23-21(18)26)15-7-4-5-8-17(15)24-25/h4-5,7-12,16H,3,6H2,1-2H3,(H,23,26)(H,27,28). The molecule has 4 aromatic rings. The Morgan fingerprint density at radius 3 is 2.54 bits per heavy atom. The Morgan fingerprint density at radius 1 is 1.14 bits per heavy atom. The molecule has 0 spiro atoms. The molecule has 0 fully saturated rings. The number of benzene rings is 2. The first-order chi connectivity index (χ1) is 13.5. The van der Waals surface area contributed by atoms with Crippen molar-refractivity contribution in [3.63, 3.8) is 0 Å². The second-order valence-corrected chi connectivity index (χ2v) is 7.00. The average molecular weight is 375 g/mol. The first kappa shape index (κ1) is 18.0. The van der Waals surface area contributed by atoms with Crippen molar-refractivity contribution < 1.29 is 15.0 Å². The molecule has 0 aliphatic heterocycles. The van der Waals surface area contributed by atoms with Gasteiger partial charge in [-0.25, -0.2) is 4.52 Å². The summed E-state index contributed by atoms with van der Waals surface area (Å²) in [7, 11) is 0. The Balaban J connectivity index is 2.14. The second kappa shape index (κ2) is 6.96. The van der Waals surface area contributed by atoms with Crippen LogP contribution in [0, 0.1) is 6.92 Å². The summed E-state index contributed by atoms with van der Waals surface area (Å²) in [6, 6.07) is 15.3. The number of aliphatic carboxylic acids is 1. The summed E-state index contributed by atoms with van der Waals surface area (Å²) in [6.45, 7) is 3.91. The van der Waals surface area contributed by atoms with Gasteiger partial charge in [-0.3, -0.25) is 4.79 Å². The van der Waals surface area contributed by atoms with Gasteiger partial charge in [0.15, 0.2) is 5.65 Å². The molecule has 0 saturated carbocycles. The fourth-order valence-electron chi connectivity index (χ4n) is 3.65. The lowest BCUT2D eigenvalue weighted by Crippen LogP contribution is -2.15. The van der Waals surface area contributed by atoms with Crippen molar-refractivity contribution >= 4 is 22.5 Å². The van der Waals surface area contributed by atoms with E-state index >= 15 is 0 Å². The van der Waals surface area contributed by atoms with Gasteiger partial charge in [-0.2, -0.15) is 10.1 Å². The summed E-state index contributed by atoms with van der Waals surface area (Å²) in [5.74, 6) is -2.11. The number of hydrogen-bond acceptors (Lipinski definition) is 4. The number of carboxylic acids is 1.